The summed E-state index contributed by atoms with van der Waals surface area (Å²) in [5, 5.41) is 1.70. The van der Waals surface area contributed by atoms with Gasteiger partial charge in [0.15, 0.2) is 0 Å². The average Bonchev–Trinajstić information content (AvgIpc) is 2.71. The van der Waals surface area contributed by atoms with Crippen LogP contribution in [0.4, 0.5) is 0 Å². The molecular weight excluding hydrogens is 346 g/mol. The topological polar surface area (TPSA) is 44.4 Å². The van der Waals surface area contributed by atoms with Gasteiger partial charge in [-0.05, 0) is 25.7 Å². The number of nitrogens with zero attached hydrogens (tertiary/aromatic N) is 1. The van der Waals surface area contributed by atoms with E-state index in [1.165, 1.54) is 64.2 Å². The minimum absolute atomic E-state index is 0.136. The molecule has 0 radical (unpaired) electrons. The number of carbonyl (C=O) groups excluding carboxylic acids is 1. The van der Waals surface area contributed by atoms with Crippen LogP contribution in [0.1, 0.15) is 130 Å². The van der Waals surface area contributed by atoms with Crippen LogP contribution in [0.2, 0.25) is 0 Å². The highest BCUT2D eigenvalue weighted by atomic mass is 16.2. The molecule has 1 atom stereocenters. The summed E-state index contributed by atoms with van der Waals surface area (Å²) in [7, 11) is 0. The van der Waals surface area contributed by atoms with Crippen molar-refractivity contribution in [2.24, 2.45) is 5.92 Å². The predicted octanol–water partition coefficient (Wildman–Crippen LogP) is 6.76. The van der Waals surface area contributed by atoms with Gasteiger partial charge in [-0.1, -0.05) is 105 Å². The summed E-state index contributed by atoms with van der Waals surface area (Å²) >= 11 is 0. The van der Waals surface area contributed by atoms with Gasteiger partial charge in [0.2, 0.25) is 0 Å². The van der Waals surface area contributed by atoms with Gasteiger partial charge in [0.1, 0.15) is 0 Å². The summed E-state index contributed by atoms with van der Waals surface area (Å²) in [4.78, 5) is 13.0. The Kier molecular flexibility index (Phi) is 20.6. The van der Waals surface area contributed by atoms with Crippen LogP contribution in [-0.2, 0) is 4.79 Å². The molecule has 0 saturated carbocycles. The van der Waals surface area contributed by atoms with E-state index in [4.69, 9.17) is 0 Å². The van der Waals surface area contributed by atoms with Crippen LogP contribution in [0, 0.1) is 5.92 Å². The first-order valence-electron chi connectivity index (χ1n) is 12.5. The third kappa shape index (κ3) is 15.3. The van der Waals surface area contributed by atoms with E-state index in [0.29, 0.717) is 0 Å². The largest absolute Gasteiger partial charge is 0.272 e. The summed E-state index contributed by atoms with van der Waals surface area (Å²) < 4.78 is 0. The van der Waals surface area contributed by atoms with Crippen molar-refractivity contribution in [2.45, 2.75) is 130 Å². The number of hydrazine groups is 2. The van der Waals surface area contributed by atoms with Crippen LogP contribution in [0.3, 0.4) is 0 Å². The van der Waals surface area contributed by atoms with Crippen LogP contribution in [0.25, 0.3) is 0 Å². The molecule has 0 aromatic carbocycles. The SMILES string of the molecule is CCCCCCCCCCCCC(CC)C(=O)N(NCCCC)NCCCC. The first-order chi connectivity index (χ1) is 13.7. The summed E-state index contributed by atoms with van der Waals surface area (Å²) in [6.45, 7) is 10.5. The molecule has 0 aliphatic rings. The normalized spacial score (nSPS) is 12.3. The summed E-state index contributed by atoms with van der Waals surface area (Å²) in [5.74, 6) is 0.364. The summed E-state index contributed by atoms with van der Waals surface area (Å²) in [6.07, 6.45) is 19.9. The molecule has 0 saturated heterocycles. The highest BCUT2D eigenvalue weighted by Crippen LogP contribution is 2.17. The standard InChI is InChI=1S/C24H51N3O/c1-5-9-12-13-14-15-16-17-18-19-20-23(8-4)24(28)27(25-21-10-6-2)26-22-11-7-3/h23,25-26H,5-22H2,1-4H3. The van der Waals surface area contributed by atoms with Crippen molar-refractivity contribution in [2.75, 3.05) is 13.1 Å². The van der Waals surface area contributed by atoms with E-state index in [1.54, 1.807) is 5.12 Å². The van der Waals surface area contributed by atoms with Crippen LogP contribution in [0.5, 0.6) is 0 Å². The quantitative estimate of drug-likeness (QED) is 0.166. The van der Waals surface area contributed by atoms with Crippen LogP contribution >= 0.6 is 0 Å². The number of rotatable bonds is 21. The van der Waals surface area contributed by atoms with Gasteiger partial charge in [-0.2, -0.15) is 0 Å². The smallest absolute Gasteiger partial charge is 0.254 e. The van der Waals surface area contributed by atoms with E-state index in [-0.39, 0.29) is 11.8 Å². The van der Waals surface area contributed by atoms with Crippen molar-refractivity contribution in [3.05, 3.63) is 0 Å². The van der Waals surface area contributed by atoms with Gasteiger partial charge in [0.05, 0.1) is 0 Å². The zero-order valence-corrected chi connectivity index (χ0v) is 19.7. The Morgan fingerprint density at radius 1 is 0.643 bits per heavy atom. The van der Waals surface area contributed by atoms with Crippen LogP contribution in [-0.4, -0.2) is 24.1 Å². The van der Waals surface area contributed by atoms with Crippen molar-refractivity contribution in [3.8, 4) is 0 Å². The Hall–Kier alpha value is -0.610. The zero-order valence-electron chi connectivity index (χ0n) is 19.7. The zero-order chi connectivity index (χ0) is 20.9. The van der Waals surface area contributed by atoms with Crippen molar-refractivity contribution >= 4 is 5.91 Å². The number of nitrogens with one attached hydrogen (secondary N) is 2. The molecule has 0 aliphatic heterocycles. The molecule has 0 fully saturated rings. The van der Waals surface area contributed by atoms with Gasteiger partial charge in [0.25, 0.3) is 5.91 Å². The fraction of sp³-hybridized carbons (Fsp3) is 0.958. The third-order valence-electron chi connectivity index (χ3n) is 5.57. The van der Waals surface area contributed by atoms with E-state index < -0.39 is 0 Å². The number of hydrogen-bond donors (Lipinski definition) is 2. The second-order valence-electron chi connectivity index (χ2n) is 8.27. The fourth-order valence-corrected chi connectivity index (χ4v) is 3.51. The van der Waals surface area contributed by atoms with Crippen LogP contribution in [0.15, 0.2) is 0 Å². The Morgan fingerprint density at radius 3 is 1.50 bits per heavy atom. The number of carbonyl (C=O) groups is 1. The molecule has 168 valence electrons. The number of hydrogen-bond acceptors (Lipinski definition) is 3. The van der Waals surface area contributed by atoms with Gasteiger partial charge >= 0.3 is 0 Å². The first kappa shape index (κ1) is 27.4. The lowest BCUT2D eigenvalue weighted by atomic mass is 9.97. The minimum atomic E-state index is 0.136. The molecule has 4 heteroatoms. The van der Waals surface area contributed by atoms with Crippen molar-refractivity contribution in [3.63, 3.8) is 0 Å². The van der Waals surface area contributed by atoms with E-state index in [9.17, 15) is 4.79 Å². The third-order valence-corrected chi connectivity index (χ3v) is 5.57. The van der Waals surface area contributed by atoms with Gasteiger partial charge in [-0.15, -0.1) is 0 Å². The summed E-state index contributed by atoms with van der Waals surface area (Å²) in [5.41, 5.74) is 6.61. The molecule has 2 N–H and O–H groups in total. The van der Waals surface area contributed by atoms with Crippen LogP contribution < -0.4 is 10.9 Å². The minimum Gasteiger partial charge on any atom is -0.272 e. The lowest BCUT2D eigenvalue weighted by Gasteiger charge is -2.28. The van der Waals surface area contributed by atoms with E-state index in [1.807, 2.05) is 0 Å². The van der Waals surface area contributed by atoms with Gasteiger partial charge in [-0.3, -0.25) is 4.79 Å². The Morgan fingerprint density at radius 2 is 1.07 bits per heavy atom. The molecule has 0 bridgehead atoms. The Balaban J connectivity index is 4.06. The fourth-order valence-electron chi connectivity index (χ4n) is 3.51. The van der Waals surface area contributed by atoms with Gasteiger partial charge in [-0.25, -0.2) is 16.0 Å². The van der Waals surface area contributed by atoms with Gasteiger partial charge < -0.3 is 0 Å². The highest BCUT2D eigenvalue weighted by Gasteiger charge is 2.22. The maximum Gasteiger partial charge on any atom is 0.254 e. The molecule has 0 aromatic rings. The molecular formula is C24H51N3O. The highest BCUT2D eigenvalue weighted by molar-refractivity contribution is 5.77. The second kappa shape index (κ2) is 21.1. The molecule has 0 rings (SSSR count). The van der Waals surface area contributed by atoms with E-state index in [0.717, 1.165) is 51.6 Å². The Bertz CT molecular complexity index is 326. The van der Waals surface area contributed by atoms with Crippen molar-refractivity contribution < 1.29 is 4.79 Å². The molecule has 1 unspecified atom stereocenters. The molecule has 0 aromatic heterocycles. The molecule has 0 spiro atoms. The van der Waals surface area contributed by atoms with Gasteiger partial charge in [0, 0.05) is 19.0 Å². The number of amides is 1. The van der Waals surface area contributed by atoms with E-state index in [2.05, 4.69) is 38.5 Å². The molecule has 28 heavy (non-hydrogen) atoms. The maximum atomic E-state index is 13.0. The van der Waals surface area contributed by atoms with E-state index >= 15 is 0 Å². The maximum absolute atomic E-state index is 13.0. The lowest BCUT2D eigenvalue weighted by molar-refractivity contribution is -0.143. The number of unbranched alkanes of at least 4 members (excludes halogenated alkanes) is 11. The predicted molar refractivity (Wildman–Crippen MR) is 123 cm³/mol. The monoisotopic (exact) mass is 397 g/mol. The molecule has 0 heterocycles. The average molecular weight is 398 g/mol. The van der Waals surface area contributed by atoms with Crippen molar-refractivity contribution in [1.82, 2.24) is 16.0 Å². The molecule has 0 aliphatic carbocycles. The molecule has 1 amide bonds. The van der Waals surface area contributed by atoms with Crippen molar-refractivity contribution in [1.29, 1.82) is 0 Å². The molecule has 4 nitrogen and oxygen atoms in total. The summed E-state index contributed by atoms with van der Waals surface area (Å²) in [6, 6.07) is 0. The first-order valence-corrected chi connectivity index (χ1v) is 12.5. The Labute approximate surface area is 176 Å². The lowest BCUT2D eigenvalue weighted by Crippen LogP contribution is -2.54. The second-order valence-corrected chi connectivity index (χ2v) is 8.27.